The van der Waals surface area contributed by atoms with Gasteiger partial charge in [-0.1, -0.05) is 0 Å². The van der Waals surface area contributed by atoms with Gasteiger partial charge in [0.1, 0.15) is 0 Å². The molecule has 0 aliphatic rings. The summed E-state index contributed by atoms with van der Waals surface area (Å²) in [6.45, 7) is 2.08. The van der Waals surface area contributed by atoms with E-state index in [9.17, 15) is 0 Å². The van der Waals surface area contributed by atoms with Gasteiger partial charge in [-0.25, -0.2) is 0 Å². The summed E-state index contributed by atoms with van der Waals surface area (Å²) in [5.74, 6) is 0. The van der Waals surface area contributed by atoms with Gasteiger partial charge < -0.3 is 0 Å². The van der Waals surface area contributed by atoms with Gasteiger partial charge in [0.25, 0.3) is 0 Å². The first-order chi connectivity index (χ1) is 4.24. The molecule has 0 unspecified atom stereocenters. The molecule has 52 valence electrons. The first kappa shape index (κ1) is 7.77. The van der Waals surface area contributed by atoms with Gasteiger partial charge in [0, 0.05) is 0 Å². The van der Waals surface area contributed by atoms with Gasteiger partial charge in [-0.2, -0.15) is 0 Å². The van der Waals surface area contributed by atoms with Crippen molar-refractivity contribution in [3.8, 4) is 0 Å². The summed E-state index contributed by atoms with van der Waals surface area (Å²) >= 11 is 2.57. The monoisotopic (exact) mass is 349 g/mol. The maximum atomic E-state index is 4.29. The second-order valence-electron chi connectivity index (χ2n) is 1.80. The zero-order valence-corrected chi connectivity index (χ0v) is 9.54. The molecule has 0 aliphatic carbocycles. The van der Waals surface area contributed by atoms with E-state index in [1.807, 2.05) is 11.7 Å². The maximum absolute atomic E-state index is 4.29. The Labute approximate surface area is 74.5 Å². The predicted octanol–water partition coefficient (Wildman–Crippen LogP) is -1.66. The van der Waals surface area contributed by atoms with Crippen LogP contribution in [0.4, 0.5) is 0 Å². The number of nitrogens with zero attached hydrogens (tertiary/aromatic N) is 2. The van der Waals surface area contributed by atoms with Crippen LogP contribution in [0.1, 0.15) is 5.69 Å². The van der Waals surface area contributed by atoms with Crippen molar-refractivity contribution in [3.05, 3.63) is 15.5 Å². The first-order valence-electron chi connectivity index (χ1n) is 2.50. The van der Waals surface area contributed by atoms with Crippen molar-refractivity contribution in [3.63, 3.8) is 0 Å². The molecule has 2 nitrogen and oxygen atoms in total. The van der Waals surface area contributed by atoms with Gasteiger partial charge in [0.15, 0.2) is 0 Å². The van der Waals surface area contributed by atoms with Crippen LogP contribution in [0, 0.1) is 10.6 Å². The molecule has 0 fully saturated rings. The van der Waals surface area contributed by atoms with E-state index in [0.717, 1.165) is 0 Å². The van der Waals surface area contributed by atoms with Crippen LogP contribution >= 0.6 is 18.6 Å². The molecule has 0 aromatic carbocycles. The van der Waals surface area contributed by atoms with E-state index in [0.29, 0.717) is 0 Å². The molecule has 0 saturated carbocycles. The first-order valence-corrected chi connectivity index (χ1v) is 9.87. The molecule has 0 amide bonds. The van der Waals surface area contributed by atoms with E-state index in [1.165, 1.54) is 9.39 Å². The van der Waals surface area contributed by atoms with Crippen LogP contribution in [0.3, 0.4) is 0 Å². The van der Waals surface area contributed by atoms with Gasteiger partial charge in [-0.05, 0) is 0 Å². The molecule has 1 heterocycles. The van der Waals surface area contributed by atoms with Crippen LogP contribution in [0.2, 0.25) is 0 Å². The number of aryl methyl sites for hydroxylation is 2. The van der Waals surface area contributed by atoms with Crippen molar-refractivity contribution in [1.29, 1.82) is 0 Å². The molecule has 0 atom stereocenters. The van der Waals surface area contributed by atoms with Crippen molar-refractivity contribution in [1.82, 2.24) is 9.78 Å². The number of hydrogen-bond acceptors (Lipinski definition) is 1. The van der Waals surface area contributed by atoms with E-state index in [1.54, 1.807) is 0 Å². The Kier molecular flexibility index (Phi) is 2.74. The van der Waals surface area contributed by atoms with Gasteiger partial charge in [0.05, 0.1) is 0 Å². The fourth-order valence-electron chi connectivity index (χ4n) is 0.552. The van der Waals surface area contributed by atoms with Crippen LogP contribution in [0.15, 0.2) is 6.07 Å². The molecule has 0 N–H and O–H groups in total. The SMILES string of the molecule is Cc1cc([I-]I)nn1C. The van der Waals surface area contributed by atoms with Gasteiger partial charge >= 0.3 is 75.1 Å². The van der Waals surface area contributed by atoms with Crippen LogP contribution in [-0.4, -0.2) is 9.78 Å². The Morgan fingerprint density at radius 1 is 1.78 bits per heavy atom. The van der Waals surface area contributed by atoms with Gasteiger partial charge in [0.2, 0.25) is 0 Å². The average molecular weight is 349 g/mol. The van der Waals surface area contributed by atoms with Crippen molar-refractivity contribution in [2.45, 2.75) is 6.92 Å². The number of aromatic nitrogens is 2. The second-order valence-corrected chi connectivity index (χ2v) is 6.05. The van der Waals surface area contributed by atoms with Crippen LogP contribution < -0.4 is 17.2 Å². The fourth-order valence-corrected chi connectivity index (χ4v) is 2.86. The number of halogens is 2. The van der Waals surface area contributed by atoms with E-state index in [-0.39, 0.29) is 17.2 Å². The van der Waals surface area contributed by atoms with Crippen molar-refractivity contribution >= 4 is 18.6 Å². The third-order valence-corrected chi connectivity index (χ3v) is 4.90. The van der Waals surface area contributed by atoms with Crippen molar-refractivity contribution < 1.29 is 17.2 Å². The Balaban J connectivity index is 2.98. The topological polar surface area (TPSA) is 17.8 Å². The summed E-state index contributed by atoms with van der Waals surface area (Å²) in [6, 6.07) is 2.15. The summed E-state index contributed by atoms with van der Waals surface area (Å²) in [5.41, 5.74) is 1.25. The normalized spacial score (nSPS) is 10.6. The predicted molar refractivity (Wildman–Crippen MR) is 40.7 cm³/mol. The number of hydrogen-bond donors (Lipinski definition) is 0. The number of rotatable bonds is 1. The van der Waals surface area contributed by atoms with Gasteiger partial charge in [-0.15, -0.1) is 0 Å². The zero-order valence-electron chi connectivity index (χ0n) is 5.23. The summed E-state index contributed by atoms with van der Waals surface area (Å²) < 4.78 is 3.20. The van der Waals surface area contributed by atoms with E-state index >= 15 is 0 Å². The van der Waals surface area contributed by atoms with Crippen LogP contribution in [0.5, 0.6) is 0 Å². The van der Waals surface area contributed by atoms with Crippen molar-refractivity contribution in [2.24, 2.45) is 7.05 Å². The molecular weight excluding hydrogens is 342 g/mol. The summed E-state index contributed by atoms with van der Waals surface area (Å²) in [4.78, 5) is 0. The molecule has 0 radical (unpaired) electrons. The summed E-state index contributed by atoms with van der Waals surface area (Å²) in [6.07, 6.45) is 0. The Morgan fingerprint density at radius 2 is 2.44 bits per heavy atom. The summed E-state index contributed by atoms with van der Waals surface area (Å²) in [7, 11) is 1.98. The second kappa shape index (κ2) is 3.18. The Morgan fingerprint density at radius 3 is 2.67 bits per heavy atom. The third-order valence-electron chi connectivity index (χ3n) is 1.16. The molecule has 1 aromatic rings. The Hall–Kier alpha value is 0.670. The molecule has 0 aliphatic heterocycles. The zero-order chi connectivity index (χ0) is 6.85. The van der Waals surface area contributed by atoms with Gasteiger partial charge in [-0.3, -0.25) is 0 Å². The van der Waals surface area contributed by atoms with E-state index in [4.69, 9.17) is 0 Å². The molecule has 1 aromatic heterocycles. The molecule has 0 spiro atoms. The van der Waals surface area contributed by atoms with E-state index < -0.39 is 0 Å². The Bertz CT molecular complexity index is 187. The molecule has 0 bridgehead atoms. The molecule has 1 rings (SSSR count). The minimum atomic E-state index is 0.151. The standard InChI is InChI=1S/C5H7I2N2/c1-4-3-5(7-6)8-9(4)2/h3H,1-2H3/q-1. The van der Waals surface area contributed by atoms with Crippen LogP contribution in [0.25, 0.3) is 0 Å². The third kappa shape index (κ3) is 1.79. The van der Waals surface area contributed by atoms with E-state index in [2.05, 4.69) is 36.7 Å². The fraction of sp³-hybridized carbons (Fsp3) is 0.400. The van der Waals surface area contributed by atoms with Crippen molar-refractivity contribution in [2.75, 3.05) is 0 Å². The average Bonchev–Trinajstić information content (AvgIpc) is 2.13. The summed E-state index contributed by atoms with van der Waals surface area (Å²) in [5, 5.41) is 4.29. The minimum absolute atomic E-state index is 0.151. The molecular formula is C5H7I2N2-. The quantitative estimate of drug-likeness (QED) is 0.555. The molecule has 0 saturated heterocycles. The van der Waals surface area contributed by atoms with Crippen LogP contribution in [-0.2, 0) is 7.05 Å². The molecule has 9 heavy (non-hydrogen) atoms. The molecule has 4 heteroatoms.